The van der Waals surface area contributed by atoms with Gasteiger partial charge in [0.25, 0.3) is 0 Å². The van der Waals surface area contributed by atoms with Crippen molar-refractivity contribution in [2.24, 2.45) is 5.92 Å². The van der Waals surface area contributed by atoms with Gasteiger partial charge in [-0.1, -0.05) is 43.4 Å². The van der Waals surface area contributed by atoms with Crippen LogP contribution in [0.25, 0.3) is 0 Å². The first-order chi connectivity index (χ1) is 6.38. The van der Waals surface area contributed by atoms with Gasteiger partial charge in [0.1, 0.15) is 0 Å². The maximum Gasteiger partial charge on any atom is -0.0153 e. The fraction of sp³-hybridized carbons (Fsp3) is 0.385. The van der Waals surface area contributed by atoms with Crippen molar-refractivity contribution in [3.05, 3.63) is 47.6 Å². The molecule has 13 heavy (non-hydrogen) atoms. The van der Waals surface area contributed by atoms with Crippen LogP contribution in [0.2, 0.25) is 0 Å². The van der Waals surface area contributed by atoms with Gasteiger partial charge in [0.2, 0.25) is 0 Å². The molecule has 1 atom stereocenters. The predicted molar refractivity (Wildman–Crippen MR) is 57.5 cm³/mol. The summed E-state index contributed by atoms with van der Waals surface area (Å²) in [6, 6.07) is 0. The molecule has 0 spiro atoms. The highest BCUT2D eigenvalue weighted by Gasteiger charge is 2.13. The van der Waals surface area contributed by atoms with Crippen molar-refractivity contribution in [1.29, 1.82) is 0 Å². The zero-order valence-corrected chi connectivity index (χ0v) is 8.16. The van der Waals surface area contributed by atoms with Gasteiger partial charge in [0.05, 0.1) is 0 Å². The van der Waals surface area contributed by atoms with Crippen LogP contribution in [0, 0.1) is 5.92 Å². The highest BCUT2D eigenvalue weighted by molar-refractivity contribution is 5.41. The van der Waals surface area contributed by atoms with Crippen LogP contribution >= 0.6 is 0 Å². The summed E-state index contributed by atoms with van der Waals surface area (Å²) >= 11 is 0. The SMILES string of the molecule is C[C@@H]1CC=CC=C1C1=CC=CCC1. The minimum absolute atomic E-state index is 0.711. The lowest BCUT2D eigenvalue weighted by Gasteiger charge is -2.21. The quantitative estimate of drug-likeness (QED) is 0.564. The first kappa shape index (κ1) is 8.55. The van der Waals surface area contributed by atoms with Crippen LogP contribution in [0.5, 0.6) is 0 Å². The van der Waals surface area contributed by atoms with Gasteiger partial charge in [-0.3, -0.25) is 0 Å². The van der Waals surface area contributed by atoms with Crippen molar-refractivity contribution in [1.82, 2.24) is 0 Å². The highest BCUT2D eigenvalue weighted by atomic mass is 14.2. The van der Waals surface area contributed by atoms with Crippen molar-refractivity contribution in [3.8, 4) is 0 Å². The van der Waals surface area contributed by atoms with Gasteiger partial charge in [-0.25, -0.2) is 0 Å². The molecule has 0 saturated heterocycles. The third kappa shape index (κ3) is 1.82. The molecule has 0 saturated carbocycles. The summed E-state index contributed by atoms with van der Waals surface area (Å²) in [5.74, 6) is 0.711. The van der Waals surface area contributed by atoms with Crippen LogP contribution in [0.15, 0.2) is 47.6 Å². The van der Waals surface area contributed by atoms with Crippen molar-refractivity contribution in [2.45, 2.75) is 26.2 Å². The van der Waals surface area contributed by atoms with Gasteiger partial charge >= 0.3 is 0 Å². The van der Waals surface area contributed by atoms with E-state index < -0.39 is 0 Å². The van der Waals surface area contributed by atoms with Crippen LogP contribution in [-0.4, -0.2) is 0 Å². The summed E-state index contributed by atoms with van der Waals surface area (Å²) in [6.07, 6.45) is 17.1. The highest BCUT2D eigenvalue weighted by Crippen LogP contribution is 2.30. The lowest BCUT2D eigenvalue weighted by Crippen LogP contribution is -2.05. The van der Waals surface area contributed by atoms with Crippen LogP contribution in [0.4, 0.5) is 0 Å². The minimum Gasteiger partial charge on any atom is -0.0842 e. The van der Waals surface area contributed by atoms with E-state index in [-0.39, 0.29) is 0 Å². The monoisotopic (exact) mass is 172 g/mol. The molecule has 0 aliphatic heterocycles. The molecule has 0 aromatic rings. The molecular formula is C13H16. The molecule has 0 fully saturated rings. The van der Waals surface area contributed by atoms with Crippen molar-refractivity contribution < 1.29 is 0 Å². The zero-order valence-electron chi connectivity index (χ0n) is 8.16. The van der Waals surface area contributed by atoms with Crippen LogP contribution in [-0.2, 0) is 0 Å². The Morgan fingerprint density at radius 3 is 2.69 bits per heavy atom. The molecule has 0 N–H and O–H groups in total. The Labute approximate surface area is 80.3 Å². The Morgan fingerprint density at radius 2 is 2.00 bits per heavy atom. The second-order valence-corrected chi connectivity index (χ2v) is 3.85. The largest absolute Gasteiger partial charge is 0.0842 e. The van der Waals surface area contributed by atoms with Gasteiger partial charge < -0.3 is 0 Å². The third-order valence-corrected chi connectivity index (χ3v) is 2.82. The molecule has 0 heteroatoms. The lowest BCUT2D eigenvalue weighted by atomic mass is 9.85. The van der Waals surface area contributed by atoms with Gasteiger partial charge in [0, 0.05) is 0 Å². The summed E-state index contributed by atoms with van der Waals surface area (Å²) in [6.45, 7) is 2.31. The Kier molecular flexibility index (Phi) is 2.49. The van der Waals surface area contributed by atoms with Gasteiger partial charge in [0.15, 0.2) is 0 Å². The topological polar surface area (TPSA) is 0 Å². The second-order valence-electron chi connectivity index (χ2n) is 3.85. The maximum atomic E-state index is 2.31. The van der Waals surface area contributed by atoms with E-state index in [9.17, 15) is 0 Å². The molecule has 0 unspecified atom stereocenters. The smallest absolute Gasteiger partial charge is 0.0153 e. The minimum atomic E-state index is 0.711. The normalized spacial score (nSPS) is 27.0. The number of rotatable bonds is 1. The average molecular weight is 172 g/mol. The van der Waals surface area contributed by atoms with Crippen molar-refractivity contribution in [3.63, 3.8) is 0 Å². The summed E-state index contributed by atoms with van der Waals surface area (Å²) < 4.78 is 0. The van der Waals surface area contributed by atoms with E-state index in [1.54, 1.807) is 11.1 Å². The van der Waals surface area contributed by atoms with Crippen molar-refractivity contribution in [2.75, 3.05) is 0 Å². The van der Waals surface area contributed by atoms with Gasteiger partial charge in [-0.2, -0.15) is 0 Å². The lowest BCUT2D eigenvalue weighted by molar-refractivity contribution is 0.683. The molecule has 0 bridgehead atoms. The summed E-state index contributed by atoms with van der Waals surface area (Å²) in [5.41, 5.74) is 3.09. The zero-order chi connectivity index (χ0) is 9.10. The average Bonchev–Trinajstić information content (AvgIpc) is 2.20. The van der Waals surface area contributed by atoms with E-state index in [0.29, 0.717) is 5.92 Å². The van der Waals surface area contributed by atoms with E-state index in [4.69, 9.17) is 0 Å². The summed E-state index contributed by atoms with van der Waals surface area (Å²) in [5, 5.41) is 0. The fourth-order valence-electron chi connectivity index (χ4n) is 2.01. The molecule has 0 heterocycles. The Morgan fingerprint density at radius 1 is 1.15 bits per heavy atom. The van der Waals surface area contributed by atoms with Crippen LogP contribution in [0.3, 0.4) is 0 Å². The van der Waals surface area contributed by atoms with E-state index in [1.807, 2.05) is 0 Å². The summed E-state index contributed by atoms with van der Waals surface area (Å²) in [4.78, 5) is 0. The second kappa shape index (κ2) is 3.78. The third-order valence-electron chi connectivity index (χ3n) is 2.82. The Bertz CT molecular complexity index is 300. The molecule has 0 nitrogen and oxygen atoms in total. The van der Waals surface area contributed by atoms with E-state index in [0.717, 1.165) is 0 Å². The number of hydrogen-bond acceptors (Lipinski definition) is 0. The van der Waals surface area contributed by atoms with E-state index >= 15 is 0 Å². The summed E-state index contributed by atoms with van der Waals surface area (Å²) in [7, 11) is 0. The molecule has 2 aliphatic carbocycles. The maximum absolute atomic E-state index is 2.31. The van der Waals surface area contributed by atoms with E-state index in [1.165, 1.54) is 19.3 Å². The molecule has 2 aliphatic rings. The molecule has 2 rings (SSSR count). The molecular weight excluding hydrogens is 156 g/mol. The first-order valence-electron chi connectivity index (χ1n) is 5.11. The number of allylic oxidation sites excluding steroid dienone is 8. The van der Waals surface area contributed by atoms with Crippen molar-refractivity contribution >= 4 is 0 Å². The Balaban J connectivity index is 2.23. The van der Waals surface area contributed by atoms with Crippen LogP contribution in [0.1, 0.15) is 26.2 Å². The molecule has 0 amide bonds. The number of hydrogen-bond donors (Lipinski definition) is 0. The predicted octanol–water partition coefficient (Wildman–Crippen LogP) is 3.79. The van der Waals surface area contributed by atoms with Gasteiger partial charge in [-0.05, 0) is 36.3 Å². The molecule has 68 valence electrons. The molecule has 0 aromatic heterocycles. The Hall–Kier alpha value is -1.04. The fourth-order valence-corrected chi connectivity index (χ4v) is 2.01. The van der Waals surface area contributed by atoms with Gasteiger partial charge in [-0.15, -0.1) is 0 Å². The van der Waals surface area contributed by atoms with E-state index in [2.05, 4.69) is 43.4 Å². The molecule has 0 radical (unpaired) electrons. The molecule has 0 aromatic carbocycles. The standard InChI is InChI=1S/C13H16/c1-11-7-5-6-10-13(11)12-8-3-2-4-9-12/h2-3,5-6,8,10-11H,4,7,9H2,1H3/t11-/m1/s1. The first-order valence-corrected chi connectivity index (χ1v) is 5.11. The van der Waals surface area contributed by atoms with Crippen LogP contribution < -0.4 is 0 Å².